The number of carbonyl (C=O) groups excluding carboxylic acids is 1. The van der Waals surface area contributed by atoms with Crippen LogP contribution in [0.3, 0.4) is 0 Å². The van der Waals surface area contributed by atoms with Gasteiger partial charge in [0.2, 0.25) is 5.91 Å². The molecular weight excluding hydrogens is 260 g/mol. The second kappa shape index (κ2) is 6.93. The molecule has 4 nitrogen and oxygen atoms in total. The van der Waals surface area contributed by atoms with Crippen LogP contribution in [-0.4, -0.2) is 42.5 Å². The van der Waals surface area contributed by atoms with Crippen molar-refractivity contribution in [3.05, 3.63) is 29.8 Å². The fourth-order valence-electron chi connectivity index (χ4n) is 2.24. The van der Waals surface area contributed by atoms with Gasteiger partial charge in [-0.15, -0.1) is 11.8 Å². The Balaban J connectivity index is 1.89. The summed E-state index contributed by atoms with van der Waals surface area (Å²) in [7, 11) is 0. The molecular formula is C14H20N2O2S. The molecule has 2 atom stereocenters. The van der Waals surface area contributed by atoms with Crippen LogP contribution in [0, 0.1) is 0 Å². The lowest BCUT2D eigenvalue weighted by atomic mass is 10.0. The molecule has 0 bridgehead atoms. The standard InChI is InChI=1S/C14H20N2O2S/c1-19-11-4-2-3-10(7-11)8-14(18)16-12-5-6-15-9-13(12)17/h2-4,7,12-13,15,17H,5-6,8-9H2,1H3,(H,16,18)/t12-,13-/m1/s1. The van der Waals surface area contributed by atoms with E-state index < -0.39 is 6.10 Å². The first-order valence-electron chi connectivity index (χ1n) is 6.50. The Bertz CT molecular complexity index is 439. The molecule has 1 aliphatic heterocycles. The lowest BCUT2D eigenvalue weighted by molar-refractivity contribution is -0.122. The Morgan fingerprint density at radius 1 is 1.58 bits per heavy atom. The van der Waals surface area contributed by atoms with E-state index >= 15 is 0 Å². The van der Waals surface area contributed by atoms with Crippen LogP contribution in [-0.2, 0) is 11.2 Å². The molecule has 0 aliphatic carbocycles. The molecule has 1 aliphatic rings. The molecule has 104 valence electrons. The van der Waals surface area contributed by atoms with E-state index in [1.807, 2.05) is 30.5 Å². The van der Waals surface area contributed by atoms with Crippen LogP contribution in [0.2, 0.25) is 0 Å². The quantitative estimate of drug-likeness (QED) is 0.714. The van der Waals surface area contributed by atoms with Crippen molar-refractivity contribution < 1.29 is 9.90 Å². The number of carbonyl (C=O) groups is 1. The maximum atomic E-state index is 12.0. The Labute approximate surface area is 118 Å². The average Bonchev–Trinajstić information content (AvgIpc) is 2.41. The van der Waals surface area contributed by atoms with Crippen molar-refractivity contribution in [2.75, 3.05) is 19.3 Å². The summed E-state index contributed by atoms with van der Waals surface area (Å²) in [5, 5.41) is 15.8. The Morgan fingerprint density at radius 3 is 3.16 bits per heavy atom. The summed E-state index contributed by atoms with van der Waals surface area (Å²) in [6.07, 6.45) is 2.67. The number of benzene rings is 1. The fourth-order valence-corrected chi connectivity index (χ4v) is 2.72. The molecule has 0 spiro atoms. The van der Waals surface area contributed by atoms with E-state index in [0.717, 1.165) is 23.4 Å². The summed E-state index contributed by atoms with van der Waals surface area (Å²) in [5.41, 5.74) is 1.01. The van der Waals surface area contributed by atoms with E-state index in [4.69, 9.17) is 0 Å². The molecule has 3 N–H and O–H groups in total. The lowest BCUT2D eigenvalue weighted by Crippen LogP contribution is -2.52. The topological polar surface area (TPSA) is 61.4 Å². The van der Waals surface area contributed by atoms with Crippen LogP contribution >= 0.6 is 11.8 Å². The van der Waals surface area contributed by atoms with Crippen molar-refractivity contribution in [3.63, 3.8) is 0 Å². The zero-order valence-electron chi connectivity index (χ0n) is 11.1. The van der Waals surface area contributed by atoms with E-state index in [2.05, 4.69) is 10.6 Å². The number of hydrogen-bond acceptors (Lipinski definition) is 4. The highest BCUT2D eigenvalue weighted by Gasteiger charge is 2.24. The first-order valence-corrected chi connectivity index (χ1v) is 7.72. The largest absolute Gasteiger partial charge is 0.390 e. The van der Waals surface area contributed by atoms with Gasteiger partial charge in [0.1, 0.15) is 0 Å². The Hall–Kier alpha value is -1.04. The number of β-amino-alcohol motifs (C(OH)–C–C–N with tert-alkyl or cyclic N) is 1. The number of aliphatic hydroxyl groups is 1. The average molecular weight is 280 g/mol. The summed E-state index contributed by atoms with van der Waals surface area (Å²) in [6, 6.07) is 7.86. The van der Waals surface area contributed by atoms with Crippen molar-refractivity contribution in [2.24, 2.45) is 0 Å². The third kappa shape index (κ3) is 4.23. The molecule has 1 heterocycles. The Morgan fingerprint density at radius 2 is 2.42 bits per heavy atom. The second-order valence-electron chi connectivity index (χ2n) is 4.76. The van der Waals surface area contributed by atoms with Gasteiger partial charge in [0, 0.05) is 11.4 Å². The maximum Gasteiger partial charge on any atom is 0.224 e. The van der Waals surface area contributed by atoms with E-state index in [-0.39, 0.29) is 11.9 Å². The first-order chi connectivity index (χ1) is 9.19. The second-order valence-corrected chi connectivity index (χ2v) is 5.64. The van der Waals surface area contributed by atoms with Crippen molar-refractivity contribution in [1.29, 1.82) is 0 Å². The molecule has 1 fully saturated rings. The molecule has 0 aromatic heterocycles. The molecule has 19 heavy (non-hydrogen) atoms. The van der Waals surface area contributed by atoms with Crippen molar-refractivity contribution in [3.8, 4) is 0 Å². The predicted octanol–water partition coefficient (Wildman–Crippen LogP) is 0.790. The lowest BCUT2D eigenvalue weighted by Gasteiger charge is -2.29. The highest BCUT2D eigenvalue weighted by Crippen LogP contribution is 2.16. The number of rotatable bonds is 4. The van der Waals surface area contributed by atoms with Gasteiger partial charge in [-0.05, 0) is 36.9 Å². The summed E-state index contributed by atoms with van der Waals surface area (Å²) >= 11 is 1.67. The maximum absolute atomic E-state index is 12.0. The molecule has 0 saturated carbocycles. The number of aliphatic hydroxyl groups excluding tert-OH is 1. The fraction of sp³-hybridized carbons (Fsp3) is 0.500. The molecule has 2 rings (SSSR count). The number of thioether (sulfide) groups is 1. The van der Waals surface area contributed by atoms with Crippen LogP contribution in [0.15, 0.2) is 29.2 Å². The Kier molecular flexibility index (Phi) is 5.24. The van der Waals surface area contributed by atoms with Crippen LogP contribution in [0.4, 0.5) is 0 Å². The van der Waals surface area contributed by atoms with Crippen LogP contribution in [0.1, 0.15) is 12.0 Å². The third-order valence-corrected chi connectivity index (χ3v) is 4.02. The zero-order chi connectivity index (χ0) is 13.7. The van der Waals surface area contributed by atoms with Crippen molar-refractivity contribution in [1.82, 2.24) is 10.6 Å². The monoisotopic (exact) mass is 280 g/mol. The van der Waals surface area contributed by atoms with Gasteiger partial charge < -0.3 is 15.7 Å². The summed E-state index contributed by atoms with van der Waals surface area (Å²) < 4.78 is 0. The first kappa shape index (κ1) is 14.4. The molecule has 1 amide bonds. The van der Waals surface area contributed by atoms with Crippen molar-refractivity contribution in [2.45, 2.75) is 29.9 Å². The van der Waals surface area contributed by atoms with Crippen LogP contribution < -0.4 is 10.6 Å². The summed E-state index contributed by atoms with van der Waals surface area (Å²) in [6.45, 7) is 1.39. The molecule has 5 heteroatoms. The minimum Gasteiger partial charge on any atom is -0.390 e. The molecule has 0 unspecified atom stereocenters. The van der Waals surface area contributed by atoms with Gasteiger partial charge in [-0.3, -0.25) is 4.79 Å². The van der Waals surface area contributed by atoms with Gasteiger partial charge in [-0.2, -0.15) is 0 Å². The highest BCUT2D eigenvalue weighted by atomic mass is 32.2. The molecule has 0 radical (unpaired) electrons. The van der Waals surface area contributed by atoms with Crippen LogP contribution in [0.25, 0.3) is 0 Å². The number of piperidine rings is 1. The number of nitrogens with one attached hydrogen (secondary N) is 2. The minimum atomic E-state index is -0.491. The zero-order valence-corrected chi connectivity index (χ0v) is 11.9. The van der Waals surface area contributed by atoms with Gasteiger partial charge in [0.15, 0.2) is 0 Å². The van der Waals surface area contributed by atoms with Crippen molar-refractivity contribution >= 4 is 17.7 Å². The molecule has 1 aromatic carbocycles. The summed E-state index contributed by atoms with van der Waals surface area (Å²) in [5.74, 6) is -0.0239. The molecule has 1 saturated heterocycles. The van der Waals surface area contributed by atoms with E-state index in [1.54, 1.807) is 11.8 Å². The molecule has 1 aromatic rings. The van der Waals surface area contributed by atoms with Gasteiger partial charge in [0.05, 0.1) is 18.6 Å². The predicted molar refractivity (Wildman–Crippen MR) is 77.4 cm³/mol. The van der Waals surface area contributed by atoms with Gasteiger partial charge in [-0.1, -0.05) is 12.1 Å². The third-order valence-electron chi connectivity index (χ3n) is 3.30. The smallest absolute Gasteiger partial charge is 0.224 e. The number of amides is 1. The van der Waals surface area contributed by atoms with E-state index in [1.165, 1.54) is 0 Å². The highest BCUT2D eigenvalue weighted by molar-refractivity contribution is 7.98. The SMILES string of the molecule is CSc1cccc(CC(=O)N[C@@H]2CCNC[C@H]2O)c1. The van der Waals surface area contributed by atoms with Crippen LogP contribution in [0.5, 0.6) is 0 Å². The van der Waals surface area contributed by atoms with E-state index in [9.17, 15) is 9.90 Å². The van der Waals surface area contributed by atoms with Gasteiger partial charge in [0.25, 0.3) is 0 Å². The van der Waals surface area contributed by atoms with E-state index in [0.29, 0.717) is 13.0 Å². The normalized spacial score (nSPS) is 23.1. The number of hydrogen-bond donors (Lipinski definition) is 3. The van der Waals surface area contributed by atoms with Gasteiger partial charge >= 0.3 is 0 Å². The summed E-state index contributed by atoms with van der Waals surface area (Å²) in [4.78, 5) is 13.1. The van der Waals surface area contributed by atoms with Gasteiger partial charge in [-0.25, -0.2) is 0 Å². The minimum absolute atomic E-state index is 0.0239.